The molecular weight excluding hydrogens is 226 g/mol. The van der Waals surface area contributed by atoms with Crippen molar-refractivity contribution < 1.29 is 14.3 Å². The second-order valence-electron chi connectivity index (χ2n) is 3.14. The maximum atomic E-state index is 10.9. The van der Waals surface area contributed by atoms with Crippen molar-refractivity contribution in [2.75, 3.05) is 11.6 Å². The van der Waals surface area contributed by atoms with Gasteiger partial charge in [0.05, 0.1) is 5.69 Å². The third-order valence-corrected chi connectivity index (χ3v) is 2.52. The molecule has 0 unspecified atom stereocenters. The molecule has 86 valence electrons. The molecule has 1 N–H and O–H groups in total. The van der Waals surface area contributed by atoms with Gasteiger partial charge in [-0.1, -0.05) is 0 Å². The highest BCUT2D eigenvalue weighted by Crippen LogP contribution is 2.29. The summed E-state index contributed by atoms with van der Waals surface area (Å²) in [5.74, 6) is -0.0131. The normalized spacial score (nSPS) is 9.69. The van der Waals surface area contributed by atoms with Gasteiger partial charge in [0, 0.05) is 18.7 Å². The highest BCUT2D eigenvalue weighted by Gasteiger charge is 2.06. The number of nitrogens with one attached hydrogen (secondary N) is 1. The molecule has 0 saturated carbocycles. The molecule has 0 aromatic heterocycles. The molecular formula is C11H13NO3S. The van der Waals surface area contributed by atoms with E-state index in [9.17, 15) is 9.59 Å². The molecule has 1 amide bonds. The SMILES string of the molecule is CSc1cc(OC(C)=O)ccc1NC(C)=O. The number of carbonyl (C=O) groups excluding carboxylic acids is 2. The van der Waals surface area contributed by atoms with Crippen LogP contribution >= 0.6 is 11.8 Å². The van der Waals surface area contributed by atoms with Gasteiger partial charge in [-0.05, 0) is 24.5 Å². The van der Waals surface area contributed by atoms with Crippen molar-refractivity contribution in [3.63, 3.8) is 0 Å². The standard InChI is InChI=1S/C11H13NO3S/c1-7(13)12-10-5-4-9(15-8(2)14)6-11(10)16-3/h4-6H,1-3H3,(H,12,13). The average Bonchev–Trinajstić information content (AvgIpc) is 2.18. The van der Waals surface area contributed by atoms with E-state index in [1.54, 1.807) is 18.2 Å². The van der Waals surface area contributed by atoms with Crippen molar-refractivity contribution in [1.82, 2.24) is 0 Å². The fraction of sp³-hybridized carbons (Fsp3) is 0.273. The minimum Gasteiger partial charge on any atom is -0.427 e. The second kappa shape index (κ2) is 5.55. The first-order valence-corrected chi connectivity index (χ1v) is 5.89. The molecule has 1 rings (SSSR count). The van der Waals surface area contributed by atoms with Crippen molar-refractivity contribution in [3.05, 3.63) is 18.2 Å². The first-order chi connectivity index (χ1) is 7.52. The molecule has 0 heterocycles. The Hall–Kier alpha value is -1.49. The Balaban J connectivity index is 2.96. The van der Waals surface area contributed by atoms with Crippen LogP contribution in [0.1, 0.15) is 13.8 Å². The molecule has 0 bridgehead atoms. The number of thioether (sulfide) groups is 1. The van der Waals surface area contributed by atoms with Crippen LogP contribution < -0.4 is 10.1 Å². The summed E-state index contributed by atoms with van der Waals surface area (Å²) >= 11 is 1.47. The molecule has 0 spiro atoms. The number of rotatable bonds is 3. The predicted octanol–water partition coefficient (Wildman–Crippen LogP) is 2.29. The van der Waals surface area contributed by atoms with Crippen molar-refractivity contribution in [3.8, 4) is 5.75 Å². The Morgan fingerprint density at radius 2 is 2.00 bits per heavy atom. The van der Waals surface area contributed by atoms with Gasteiger partial charge in [0.1, 0.15) is 5.75 Å². The third kappa shape index (κ3) is 3.58. The predicted molar refractivity (Wildman–Crippen MR) is 63.8 cm³/mol. The average molecular weight is 239 g/mol. The van der Waals surface area contributed by atoms with E-state index in [4.69, 9.17) is 4.74 Å². The fourth-order valence-corrected chi connectivity index (χ4v) is 1.77. The maximum absolute atomic E-state index is 10.9. The van der Waals surface area contributed by atoms with E-state index < -0.39 is 0 Å². The summed E-state index contributed by atoms with van der Waals surface area (Å²) in [6, 6.07) is 5.08. The Labute approximate surface area is 98.4 Å². The molecule has 1 aromatic carbocycles. The van der Waals surface area contributed by atoms with Crippen LogP contribution in [-0.2, 0) is 9.59 Å². The van der Waals surface area contributed by atoms with E-state index in [1.807, 2.05) is 6.26 Å². The van der Waals surface area contributed by atoms with Crippen LogP contribution in [0.15, 0.2) is 23.1 Å². The van der Waals surface area contributed by atoms with Crippen molar-refractivity contribution in [2.24, 2.45) is 0 Å². The smallest absolute Gasteiger partial charge is 0.308 e. The molecule has 0 atom stereocenters. The lowest BCUT2D eigenvalue weighted by atomic mass is 10.3. The molecule has 16 heavy (non-hydrogen) atoms. The van der Waals surface area contributed by atoms with Gasteiger partial charge in [-0.3, -0.25) is 9.59 Å². The zero-order valence-electron chi connectivity index (χ0n) is 9.37. The maximum Gasteiger partial charge on any atom is 0.308 e. The zero-order chi connectivity index (χ0) is 12.1. The number of ether oxygens (including phenoxy) is 1. The molecule has 0 aliphatic rings. The number of esters is 1. The highest BCUT2D eigenvalue weighted by atomic mass is 32.2. The number of amides is 1. The van der Waals surface area contributed by atoms with Gasteiger partial charge < -0.3 is 10.1 Å². The minimum absolute atomic E-state index is 0.129. The number of carbonyl (C=O) groups is 2. The van der Waals surface area contributed by atoms with Gasteiger partial charge >= 0.3 is 5.97 Å². The number of hydrogen-bond acceptors (Lipinski definition) is 4. The molecule has 0 saturated heterocycles. The van der Waals surface area contributed by atoms with Crippen LogP contribution in [0.2, 0.25) is 0 Å². The summed E-state index contributed by atoms with van der Waals surface area (Å²) in [7, 11) is 0. The lowest BCUT2D eigenvalue weighted by Crippen LogP contribution is -2.07. The van der Waals surface area contributed by atoms with Crippen molar-refractivity contribution in [1.29, 1.82) is 0 Å². The van der Waals surface area contributed by atoms with Crippen LogP contribution in [0.4, 0.5) is 5.69 Å². The first-order valence-electron chi connectivity index (χ1n) is 4.67. The topological polar surface area (TPSA) is 55.4 Å². The molecule has 0 aliphatic heterocycles. The summed E-state index contributed by atoms with van der Waals surface area (Å²) in [5.41, 5.74) is 0.718. The van der Waals surface area contributed by atoms with Gasteiger partial charge in [0.15, 0.2) is 0 Å². The van der Waals surface area contributed by atoms with Gasteiger partial charge in [-0.2, -0.15) is 0 Å². The number of anilines is 1. The largest absolute Gasteiger partial charge is 0.427 e. The monoisotopic (exact) mass is 239 g/mol. The lowest BCUT2D eigenvalue weighted by Gasteiger charge is -2.09. The van der Waals surface area contributed by atoms with E-state index in [1.165, 1.54) is 25.6 Å². The van der Waals surface area contributed by atoms with Crippen LogP contribution in [0.5, 0.6) is 5.75 Å². The van der Waals surface area contributed by atoms with E-state index >= 15 is 0 Å². The Morgan fingerprint density at radius 1 is 1.31 bits per heavy atom. The van der Waals surface area contributed by atoms with Gasteiger partial charge in [-0.25, -0.2) is 0 Å². The van der Waals surface area contributed by atoms with Crippen molar-refractivity contribution in [2.45, 2.75) is 18.7 Å². The number of hydrogen-bond donors (Lipinski definition) is 1. The molecule has 5 heteroatoms. The number of benzene rings is 1. The van der Waals surface area contributed by atoms with E-state index in [0.717, 1.165) is 10.6 Å². The highest BCUT2D eigenvalue weighted by molar-refractivity contribution is 7.98. The van der Waals surface area contributed by atoms with Crippen LogP contribution in [0.25, 0.3) is 0 Å². The lowest BCUT2D eigenvalue weighted by molar-refractivity contribution is -0.131. The zero-order valence-corrected chi connectivity index (χ0v) is 10.2. The summed E-state index contributed by atoms with van der Waals surface area (Å²) in [6.07, 6.45) is 1.89. The van der Waals surface area contributed by atoms with E-state index in [-0.39, 0.29) is 11.9 Å². The quantitative estimate of drug-likeness (QED) is 0.499. The Bertz CT molecular complexity index is 418. The molecule has 0 aliphatic carbocycles. The molecule has 0 fully saturated rings. The minimum atomic E-state index is -0.362. The summed E-state index contributed by atoms with van der Waals surface area (Å²) < 4.78 is 4.95. The first kappa shape index (κ1) is 12.6. The molecule has 0 radical (unpaired) electrons. The molecule has 4 nitrogen and oxygen atoms in total. The van der Waals surface area contributed by atoms with Gasteiger partial charge in [0.25, 0.3) is 0 Å². The third-order valence-electron chi connectivity index (χ3n) is 1.75. The van der Waals surface area contributed by atoms with Crippen molar-refractivity contribution >= 4 is 29.3 Å². The Morgan fingerprint density at radius 3 is 2.50 bits per heavy atom. The summed E-state index contributed by atoms with van der Waals surface area (Å²) in [6.45, 7) is 2.80. The van der Waals surface area contributed by atoms with E-state index in [0.29, 0.717) is 5.75 Å². The van der Waals surface area contributed by atoms with Crippen LogP contribution in [-0.4, -0.2) is 18.1 Å². The summed E-state index contributed by atoms with van der Waals surface area (Å²) in [5, 5.41) is 2.70. The summed E-state index contributed by atoms with van der Waals surface area (Å²) in [4.78, 5) is 22.6. The fourth-order valence-electron chi connectivity index (χ4n) is 1.19. The second-order valence-corrected chi connectivity index (χ2v) is 3.98. The van der Waals surface area contributed by atoms with Gasteiger partial charge in [0.2, 0.25) is 5.91 Å². The van der Waals surface area contributed by atoms with Crippen LogP contribution in [0, 0.1) is 0 Å². The van der Waals surface area contributed by atoms with Gasteiger partial charge in [-0.15, -0.1) is 11.8 Å². The molecule has 1 aromatic rings. The van der Waals surface area contributed by atoms with Crippen LogP contribution in [0.3, 0.4) is 0 Å². The Kier molecular flexibility index (Phi) is 4.37. The van der Waals surface area contributed by atoms with E-state index in [2.05, 4.69) is 5.32 Å².